The Bertz CT molecular complexity index is 478. The molecular formula is C20H30O. The Labute approximate surface area is 129 Å². The van der Waals surface area contributed by atoms with Crippen LogP contribution in [0, 0.1) is 34.5 Å². The van der Waals surface area contributed by atoms with Gasteiger partial charge in [0.05, 0.1) is 0 Å². The maximum Gasteiger partial charge on any atom is 0.161 e. The van der Waals surface area contributed by atoms with Crippen molar-refractivity contribution >= 4 is 5.78 Å². The zero-order chi connectivity index (χ0) is 14.7. The molecule has 0 saturated heterocycles. The molecule has 6 atom stereocenters. The molecule has 0 heterocycles. The minimum Gasteiger partial charge on any atom is -0.294 e. The molecule has 1 heteroatoms. The summed E-state index contributed by atoms with van der Waals surface area (Å²) in [7, 11) is 0. The van der Waals surface area contributed by atoms with Crippen LogP contribution in [0.1, 0.15) is 71.6 Å². The molecule has 4 aliphatic rings. The molecule has 4 aliphatic carbocycles. The second-order valence-electron chi connectivity index (χ2n) is 8.86. The van der Waals surface area contributed by atoms with Gasteiger partial charge in [0, 0.05) is 5.41 Å². The van der Waals surface area contributed by atoms with Crippen LogP contribution < -0.4 is 0 Å². The van der Waals surface area contributed by atoms with Crippen molar-refractivity contribution in [3.63, 3.8) is 0 Å². The first kappa shape index (κ1) is 14.0. The van der Waals surface area contributed by atoms with Crippen LogP contribution in [0.15, 0.2) is 12.2 Å². The van der Waals surface area contributed by atoms with E-state index in [0.717, 1.165) is 24.2 Å². The molecule has 0 N–H and O–H groups in total. The summed E-state index contributed by atoms with van der Waals surface area (Å²) >= 11 is 0. The third-order valence-electron chi connectivity index (χ3n) is 8.10. The fourth-order valence-electron chi connectivity index (χ4n) is 6.75. The van der Waals surface area contributed by atoms with Crippen molar-refractivity contribution in [2.75, 3.05) is 0 Å². The number of allylic oxidation sites excluding steroid dienone is 2. The molecule has 2 unspecified atom stereocenters. The van der Waals surface area contributed by atoms with Gasteiger partial charge in [-0.25, -0.2) is 0 Å². The van der Waals surface area contributed by atoms with Crippen LogP contribution in [-0.4, -0.2) is 5.78 Å². The Morgan fingerprint density at radius 3 is 2.71 bits per heavy atom. The van der Waals surface area contributed by atoms with Gasteiger partial charge >= 0.3 is 0 Å². The van der Waals surface area contributed by atoms with Gasteiger partial charge in [-0.3, -0.25) is 4.79 Å². The van der Waals surface area contributed by atoms with Crippen molar-refractivity contribution in [3.05, 3.63) is 12.2 Å². The van der Waals surface area contributed by atoms with Crippen LogP contribution in [-0.2, 0) is 4.79 Å². The van der Waals surface area contributed by atoms with Crippen molar-refractivity contribution < 1.29 is 4.79 Å². The largest absolute Gasteiger partial charge is 0.294 e. The lowest BCUT2D eigenvalue weighted by atomic mass is 9.47. The SMILES string of the molecule is C[C@]12CCC3[C@@H](CC[C@@H]4CCCCC[C@]34C)C1C=CC2=O. The Morgan fingerprint density at radius 1 is 1.00 bits per heavy atom. The van der Waals surface area contributed by atoms with E-state index >= 15 is 0 Å². The van der Waals surface area contributed by atoms with Gasteiger partial charge in [-0.15, -0.1) is 0 Å². The number of ketones is 1. The number of carbonyl (C=O) groups excluding carboxylic acids is 1. The molecule has 0 aromatic carbocycles. The fraction of sp³-hybridized carbons (Fsp3) is 0.850. The lowest BCUT2D eigenvalue weighted by Gasteiger charge is -2.57. The van der Waals surface area contributed by atoms with Gasteiger partial charge in [0.2, 0.25) is 0 Å². The molecular weight excluding hydrogens is 256 g/mol. The zero-order valence-electron chi connectivity index (χ0n) is 13.7. The molecule has 0 bridgehead atoms. The van der Waals surface area contributed by atoms with E-state index in [1.54, 1.807) is 0 Å². The normalized spacial score (nSPS) is 52.8. The molecule has 21 heavy (non-hydrogen) atoms. The predicted octanol–water partition coefficient (Wildman–Crippen LogP) is 5.15. The maximum atomic E-state index is 12.3. The molecule has 0 aromatic heterocycles. The van der Waals surface area contributed by atoms with E-state index in [1.165, 1.54) is 51.4 Å². The molecule has 116 valence electrons. The van der Waals surface area contributed by atoms with Gasteiger partial charge in [-0.05, 0) is 73.7 Å². The molecule has 0 aliphatic heterocycles. The molecule has 3 fully saturated rings. The first-order chi connectivity index (χ1) is 10.1. The van der Waals surface area contributed by atoms with E-state index in [0.29, 0.717) is 17.1 Å². The minimum atomic E-state index is -0.0465. The Hall–Kier alpha value is -0.590. The Balaban J connectivity index is 1.67. The van der Waals surface area contributed by atoms with Crippen molar-refractivity contribution in [2.24, 2.45) is 34.5 Å². The average molecular weight is 286 g/mol. The lowest BCUT2D eigenvalue weighted by Crippen LogP contribution is -2.51. The van der Waals surface area contributed by atoms with Gasteiger partial charge in [-0.1, -0.05) is 39.2 Å². The summed E-state index contributed by atoms with van der Waals surface area (Å²) in [6.07, 6.45) is 16.7. The van der Waals surface area contributed by atoms with Crippen LogP contribution >= 0.6 is 0 Å². The number of hydrogen-bond acceptors (Lipinski definition) is 1. The standard InChI is InChI=1S/C20H30O/c1-19-12-5-3-4-6-14(19)7-8-15-16-9-10-18(21)20(16,2)13-11-17(15)19/h9-10,14-17H,3-8,11-13H2,1-2H3/t14-,15-,16?,17?,19-,20-/m0/s1. The first-order valence-electron chi connectivity index (χ1n) is 9.28. The summed E-state index contributed by atoms with van der Waals surface area (Å²) in [6.45, 7) is 4.86. The topological polar surface area (TPSA) is 17.1 Å². The third kappa shape index (κ3) is 1.85. The third-order valence-corrected chi connectivity index (χ3v) is 8.10. The summed E-state index contributed by atoms with van der Waals surface area (Å²) in [5.74, 6) is 3.59. The molecule has 1 nitrogen and oxygen atoms in total. The highest BCUT2D eigenvalue weighted by Crippen LogP contribution is 2.63. The van der Waals surface area contributed by atoms with E-state index in [4.69, 9.17) is 0 Å². The minimum absolute atomic E-state index is 0.0465. The van der Waals surface area contributed by atoms with Crippen LogP contribution in [0.4, 0.5) is 0 Å². The van der Waals surface area contributed by atoms with Crippen molar-refractivity contribution in [3.8, 4) is 0 Å². The first-order valence-corrected chi connectivity index (χ1v) is 9.28. The smallest absolute Gasteiger partial charge is 0.161 e. The van der Waals surface area contributed by atoms with Crippen LogP contribution in [0.2, 0.25) is 0 Å². The second-order valence-corrected chi connectivity index (χ2v) is 8.86. The van der Waals surface area contributed by atoms with Gasteiger partial charge < -0.3 is 0 Å². The Kier molecular flexibility index (Phi) is 3.14. The summed E-state index contributed by atoms with van der Waals surface area (Å²) in [4.78, 5) is 12.3. The molecule has 0 radical (unpaired) electrons. The molecule has 0 aromatic rings. The molecule has 0 amide bonds. The molecule has 4 rings (SSSR count). The van der Waals surface area contributed by atoms with Crippen molar-refractivity contribution in [1.29, 1.82) is 0 Å². The summed E-state index contributed by atoms with van der Waals surface area (Å²) in [5, 5.41) is 0. The van der Waals surface area contributed by atoms with Gasteiger partial charge in [0.15, 0.2) is 5.78 Å². The van der Waals surface area contributed by atoms with Crippen molar-refractivity contribution in [2.45, 2.75) is 71.6 Å². The van der Waals surface area contributed by atoms with E-state index in [9.17, 15) is 4.79 Å². The monoisotopic (exact) mass is 286 g/mol. The number of rotatable bonds is 0. The average Bonchev–Trinajstić information content (AvgIpc) is 2.65. The Morgan fingerprint density at radius 2 is 1.86 bits per heavy atom. The molecule has 0 spiro atoms. The summed E-state index contributed by atoms with van der Waals surface area (Å²) in [5.41, 5.74) is 0.523. The number of hydrogen-bond donors (Lipinski definition) is 0. The van der Waals surface area contributed by atoms with Gasteiger partial charge in [0.1, 0.15) is 0 Å². The predicted molar refractivity (Wildman–Crippen MR) is 85.9 cm³/mol. The van der Waals surface area contributed by atoms with Gasteiger partial charge in [-0.2, -0.15) is 0 Å². The van der Waals surface area contributed by atoms with Crippen LogP contribution in [0.3, 0.4) is 0 Å². The lowest BCUT2D eigenvalue weighted by molar-refractivity contribution is -0.134. The highest BCUT2D eigenvalue weighted by Gasteiger charge is 2.57. The van der Waals surface area contributed by atoms with E-state index in [1.807, 2.05) is 6.08 Å². The molecule has 3 saturated carbocycles. The van der Waals surface area contributed by atoms with Gasteiger partial charge in [0.25, 0.3) is 0 Å². The highest BCUT2D eigenvalue weighted by atomic mass is 16.1. The van der Waals surface area contributed by atoms with Crippen molar-refractivity contribution in [1.82, 2.24) is 0 Å². The second kappa shape index (κ2) is 4.70. The maximum absolute atomic E-state index is 12.3. The summed E-state index contributed by atoms with van der Waals surface area (Å²) < 4.78 is 0. The van der Waals surface area contributed by atoms with Crippen LogP contribution in [0.25, 0.3) is 0 Å². The van der Waals surface area contributed by atoms with E-state index in [-0.39, 0.29) is 5.41 Å². The van der Waals surface area contributed by atoms with Crippen LogP contribution in [0.5, 0.6) is 0 Å². The van der Waals surface area contributed by atoms with E-state index in [2.05, 4.69) is 19.9 Å². The zero-order valence-corrected chi connectivity index (χ0v) is 13.7. The quantitative estimate of drug-likeness (QED) is 0.601. The number of fused-ring (bicyclic) bond motifs is 5. The fourth-order valence-corrected chi connectivity index (χ4v) is 6.75. The summed E-state index contributed by atoms with van der Waals surface area (Å²) in [6, 6.07) is 0. The number of carbonyl (C=O) groups is 1. The van der Waals surface area contributed by atoms with E-state index < -0.39 is 0 Å². The highest BCUT2D eigenvalue weighted by molar-refractivity contribution is 5.97.